The molecule has 18 heavy (non-hydrogen) atoms. The highest BCUT2D eigenvalue weighted by Gasteiger charge is 2.15. The first-order valence-corrected chi connectivity index (χ1v) is 5.53. The number of hydrogen-bond donors (Lipinski definition) is 1. The molecule has 6 nitrogen and oxygen atoms in total. The Labute approximate surface area is 104 Å². The van der Waals surface area contributed by atoms with Crippen molar-refractivity contribution in [3.63, 3.8) is 0 Å². The zero-order valence-corrected chi connectivity index (χ0v) is 10.2. The van der Waals surface area contributed by atoms with Crippen LogP contribution < -0.4 is 4.74 Å². The summed E-state index contributed by atoms with van der Waals surface area (Å²) in [5, 5.41) is 13.7. The second kappa shape index (κ2) is 5.50. The van der Waals surface area contributed by atoms with Crippen LogP contribution in [0.15, 0.2) is 22.7 Å². The molecule has 2 rings (SSSR count). The number of methoxy groups -OCH3 is 1. The number of phenolic OH excluding ortho intramolecular Hbond substituents is 1. The fraction of sp³-hybridized carbons (Fsp3) is 0.333. The molecule has 96 valence electrons. The maximum absolute atomic E-state index is 9.94. The van der Waals surface area contributed by atoms with Gasteiger partial charge < -0.3 is 19.1 Å². The topological polar surface area (TPSA) is 77.6 Å². The van der Waals surface area contributed by atoms with E-state index in [4.69, 9.17) is 14.0 Å². The number of phenols is 1. The molecule has 0 saturated heterocycles. The summed E-state index contributed by atoms with van der Waals surface area (Å²) in [7, 11) is 1.48. The molecule has 0 radical (unpaired) electrons. The molecule has 0 aliphatic carbocycles. The Morgan fingerprint density at radius 2 is 2.22 bits per heavy atom. The first-order valence-electron chi connectivity index (χ1n) is 5.53. The molecule has 0 bridgehead atoms. The van der Waals surface area contributed by atoms with E-state index < -0.39 is 0 Å². The standard InChI is InChI=1S/C12H14N2O4/c1-3-17-7-10-13-12(18-14-10)8-5-4-6-9(16-2)11(8)15/h4-6,15H,3,7H2,1-2H3. The molecule has 0 saturated carbocycles. The van der Waals surface area contributed by atoms with Gasteiger partial charge in [-0.2, -0.15) is 4.98 Å². The number of rotatable bonds is 5. The largest absolute Gasteiger partial charge is 0.504 e. The predicted octanol–water partition coefficient (Wildman–Crippen LogP) is 1.99. The zero-order chi connectivity index (χ0) is 13.0. The van der Waals surface area contributed by atoms with Gasteiger partial charge in [-0.25, -0.2) is 0 Å². The van der Waals surface area contributed by atoms with E-state index in [9.17, 15) is 5.11 Å². The van der Waals surface area contributed by atoms with E-state index in [-0.39, 0.29) is 18.2 Å². The van der Waals surface area contributed by atoms with E-state index >= 15 is 0 Å². The Hall–Kier alpha value is -2.08. The van der Waals surface area contributed by atoms with Crippen LogP contribution in [-0.2, 0) is 11.3 Å². The lowest BCUT2D eigenvalue weighted by Crippen LogP contribution is -1.93. The van der Waals surface area contributed by atoms with Gasteiger partial charge >= 0.3 is 0 Å². The van der Waals surface area contributed by atoms with Crippen molar-refractivity contribution in [2.45, 2.75) is 13.5 Å². The highest BCUT2D eigenvalue weighted by Crippen LogP contribution is 2.35. The number of aromatic hydroxyl groups is 1. The van der Waals surface area contributed by atoms with Crippen molar-refractivity contribution in [2.75, 3.05) is 13.7 Å². The van der Waals surface area contributed by atoms with Gasteiger partial charge in [-0.05, 0) is 19.1 Å². The zero-order valence-electron chi connectivity index (χ0n) is 10.2. The van der Waals surface area contributed by atoms with E-state index in [1.54, 1.807) is 18.2 Å². The number of aromatic nitrogens is 2. The summed E-state index contributed by atoms with van der Waals surface area (Å²) >= 11 is 0. The smallest absolute Gasteiger partial charge is 0.261 e. The molecule has 0 fully saturated rings. The summed E-state index contributed by atoms with van der Waals surface area (Å²) in [6.45, 7) is 2.74. The molecular weight excluding hydrogens is 236 g/mol. The Morgan fingerprint density at radius 3 is 2.94 bits per heavy atom. The first kappa shape index (κ1) is 12.4. The molecule has 0 aliphatic rings. The molecule has 0 spiro atoms. The Bertz CT molecular complexity index is 525. The third-order valence-electron chi connectivity index (χ3n) is 2.35. The van der Waals surface area contributed by atoms with E-state index in [1.807, 2.05) is 6.92 Å². The summed E-state index contributed by atoms with van der Waals surface area (Å²) in [5.41, 5.74) is 0.435. The van der Waals surface area contributed by atoms with Crippen molar-refractivity contribution in [1.82, 2.24) is 10.1 Å². The molecule has 2 aromatic rings. The third-order valence-corrected chi connectivity index (χ3v) is 2.35. The fourth-order valence-electron chi connectivity index (χ4n) is 1.47. The van der Waals surface area contributed by atoms with E-state index in [0.29, 0.717) is 23.7 Å². The molecule has 0 amide bonds. The minimum atomic E-state index is -0.0217. The lowest BCUT2D eigenvalue weighted by molar-refractivity contribution is 0.126. The van der Waals surface area contributed by atoms with E-state index in [1.165, 1.54) is 7.11 Å². The normalized spacial score (nSPS) is 10.6. The van der Waals surface area contributed by atoms with Crippen LogP contribution in [-0.4, -0.2) is 29.0 Å². The summed E-state index contributed by atoms with van der Waals surface area (Å²) in [6.07, 6.45) is 0. The minimum absolute atomic E-state index is 0.0217. The van der Waals surface area contributed by atoms with Crippen LogP contribution in [0.2, 0.25) is 0 Å². The van der Waals surface area contributed by atoms with Crippen molar-refractivity contribution in [3.8, 4) is 23.0 Å². The molecule has 1 aromatic heterocycles. The molecular formula is C12H14N2O4. The fourth-order valence-corrected chi connectivity index (χ4v) is 1.47. The second-order valence-corrected chi connectivity index (χ2v) is 3.51. The number of hydrogen-bond acceptors (Lipinski definition) is 6. The quantitative estimate of drug-likeness (QED) is 0.874. The summed E-state index contributed by atoms with van der Waals surface area (Å²) < 4.78 is 15.3. The van der Waals surface area contributed by atoms with Gasteiger partial charge in [0.2, 0.25) is 0 Å². The maximum atomic E-state index is 9.94. The molecule has 1 aromatic carbocycles. The van der Waals surface area contributed by atoms with E-state index in [2.05, 4.69) is 10.1 Å². The molecule has 0 aliphatic heterocycles. The van der Waals surface area contributed by atoms with Crippen LogP contribution >= 0.6 is 0 Å². The number of para-hydroxylation sites is 1. The van der Waals surface area contributed by atoms with Gasteiger partial charge in [0.1, 0.15) is 6.61 Å². The average molecular weight is 250 g/mol. The highest BCUT2D eigenvalue weighted by atomic mass is 16.5. The Kier molecular flexibility index (Phi) is 3.78. The second-order valence-electron chi connectivity index (χ2n) is 3.51. The molecule has 1 heterocycles. The number of ether oxygens (including phenoxy) is 2. The van der Waals surface area contributed by atoms with Gasteiger partial charge in [0, 0.05) is 6.61 Å². The maximum Gasteiger partial charge on any atom is 0.261 e. The predicted molar refractivity (Wildman–Crippen MR) is 63.3 cm³/mol. The van der Waals surface area contributed by atoms with E-state index in [0.717, 1.165) is 0 Å². The molecule has 0 unspecified atom stereocenters. The molecule has 1 N–H and O–H groups in total. The van der Waals surface area contributed by atoms with Crippen LogP contribution in [0.1, 0.15) is 12.7 Å². The lowest BCUT2D eigenvalue weighted by atomic mass is 10.2. The minimum Gasteiger partial charge on any atom is -0.504 e. The van der Waals surface area contributed by atoms with Crippen molar-refractivity contribution in [1.29, 1.82) is 0 Å². The average Bonchev–Trinajstić information content (AvgIpc) is 2.85. The van der Waals surface area contributed by atoms with Crippen LogP contribution in [0, 0.1) is 0 Å². The van der Waals surface area contributed by atoms with Crippen LogP contribution in [0.3, 0.4) is 0 Å². The molecule has 0 atom stereocenters. The first-order chi connectivity index (χ1) is 8.76. The van der Waals surface area contributed by atoms with Crippen molar-refractivity contribution >= 4 is 0 Å². The molecule has 6 heteroatoms. The summed E-state index contributed by atoms with van der Waals surface area (Å²) in [5.74, 6) is 1.01. The van der Waals surface area contributed by atoms with Gasteiger partial charge in [-0.1, -0.05) is 11.2 Å². The SMILES string of the molecule is CCOCc1noc(-c2cccc(OC)c2O)n1. The Balaban J connectivity index is 2.28. The van der Waals surface area contributed by atoms with Crippen LogP contribution in [0.25, 0.3) is 11.5 Å². The van der Waals surface area contributed by atoms with Crippen LogP contribution in [0.4, 0.5) is 0 Å². The highest BCUT2D eigenvalue weighted by molar-refractivity contribution is 5.66. The third kappa shape index (κ3) is 2.43. The van der Waals surface area contributed by atoms with Crippen molar-refractivity contribution in [2.24, 2.45) is 0 Å². The van der Waals surface area contributed by atoms with Gasteiger partial charge in [0.25, 0.3) is 5.89 Å². The number of nitrogens with zero attached hydrogens (tertiary/aromatic N) is 2. The summed E-state index contributed by atoms with van der Waals surface area (Å²) in [6, 6.07) is 5.06. The van der Waals surface area contributed by atoms with Crippen LogP contribution in [0.5, 0.6) is 11.5 Å². The van der Waals surface area contributed by atoms with Crippen molar-refractivity contribution < 1.29 is 19.1 Å². The Morgan fingerprint density at radius 1 is 1.39 bits per heavy atom. The van der Waals surface area contributed by atoms with Gasteiger partial charge in [0.15, 0.2) is 17.3 Å². The number of benzene rings is 1. The van der Waals surface area contributed by atoms with Crippen molar-refractivity contribution in [3.05, 3.63) is 24.0 Å². The van der Waals surface area contributed by atoms with Gasteiger partial charge in [-0.3, -0.25) is 0 Å². The lowest BCUT2D eigenvalue weighted by Gasteiger charge is -2.04. The van der Waals surface area contributed by atoms with Gasteiger partial charge in [0.05, 0.1) is 12.7 Å². The monoisotopic (exact) mass is 250 g/mol. The summed E-state index contributed by atoms with van der Waals surface area (Å²) in [4.78, 5) is 4.14. The van der Waals surface area contributed by atoms with Gasteiger partial charge in [-0.15, -0.1) is 0 Å².